The molecule has 136 valence electrons. The van der Waals surface area contributed by atoms with Crippen molar-refractivity contribution < 1.29 is 19.0 Å². The molecule has 1 aromatic heterocycles. The number of aryl methyl sites for hydroxylation is 1. The average Bonchev–Trinajstić information content (AvgIpc) is 2.89. The Balaban J connectivity index is 1.87. The van der Waals surface area contributed by atoms with Crippen LogP contribution in [0.3, 0.4) is 0 Å². The van der Waals surface area contributed by atoms with E-state index in [0.717, 1.165) is 23.7 Å². The second-order valence-electron chi connectivity index (χ2n) is 7.13. The quantitative estimate of drug-likeness (QED) is 0.925. The van der Waals surface area contributed by atoms with E-state index < -0.39 is 0 Å². The lowest BCUT2D eigenvalue weighted by atomic mass is 9.94. The number of carbonyl (C=O) groups is 1. The number of ether oxygens (including phenoxy) is 3. The first kappa shape index (κ1) is 17.6. The number of benzene rings is 1. The molecule has 0 spiro atoms. The lowest BCUT2D eigenvalue weighted by molar-refractivity contribution is -0.0615. The van der Waals surface area contributed by atoms with E-state index in [0.29, 0.717) is 23.8 Å². The van der Waals surface area contributed by atoms with E-state index >= 15 is 0 Å². The van der Waals surface area contributed by atoms with Crippen LogP contribution in [-0.4, -0.2) is 42.9 Å². The van der Waals surface area contributed by atoms with Gasteiger partial charge >= 0.3 is 0 Å². The number of methoxy groups -OCH3 is 2. The van der Waals surface area contributed by atoms with Gasteiger partial charge < -0.3 is 24.1 Å². The zero-order valence-electron chi connectivity index (χ0n) is 15.5. The number of nitrogens with zero attached hydrogens (tertiary/aromatic N) is 1. The van der Waals surface area contributed by atoms with Gasteiger partial charge in [0.15, 0.2) is 11.5 Å². The summed E-state index contributed by atoms with van der Waals surface area (Å²) < 4.78 is 18.3. The second-order valence-corrected chi connectivity index (χ2v) is 7.13. The Labute approximate surface area is 148 Å². The SMILES string of the molecule is COc1cc2cc(C(=O)N[C@H]3CCOC(C)(C)C3)n(C)c2cc1OC. The van der Waals surface area contributed by atoms with E-state index in [1.807, 2.05) is 29.8 Å². The lowest BCUT2D eigenvalue weighted by Crippen LogP contribution is -2.46. The van der Waals surface area contributed by atoms with Crippen LogP contribution in [0.15, 0.2) is 18.2 Å². The van der Waals surface area contributed by atoms with Crippen LogP contribution in [0.2, 0.25) is 0 Å². The molecule has 25 heavy (non-hydrogen) atoms. The third-order valence-corrected chi connectivity index (χ3v) is 4.81. The van der Waals surface area contributed by atoms with Gasteiger partial charge in [0, 0.05) is 31.1 Å². The van der Waals surface area contributed by atoms with Gasteiger partial charge in [-0.3, -0.25) is 4.79 Å². The number of aromatic nitrogens is 1. The molecule has 1 N–H and O–H groups in total. The Bertz CT molecular complexity index is 794. The van der Waals surface area contributed by atoms with Gasteiger partial charge in [-0.25, -0.2) is 0 Å². The molecule has 3 rings (SSSR count). The van der Waals surface area contributed by atoms with Gasteiger partial charge in [-0.2, -0.15) is 0 Å². The highest BCUT2D eigenvalue weighted by atomic mass is 16.5. The molecule has 2 aromatic rings. The standard InChI is InChI=1S/C19H26N2O4/c1-19(2)11-13(6-7-25-19)20-18(22)15-8-12-9-16(23-4)17(24-5)10-14(12)21(15)3/h8-10,13H,6-7,11H2,1-5H3,(H,20,22)/t13-/m0/s1. The van der Waals surface area contributed by atoms with Gasteiger partial charge in [0.2, 0.25) is 0 Å². The predicted octanol–water partition coefficient (Wildman–Crippen LogP) is 2.88. The van der Waals surface area contributed by atoms with E-state index in [1.165, 1.54) is 0 Å². The normalized spacial score (nSPS) is 19.6. The highest BCUT2D eigenvalue weighted by molar-refractivity contribution is 5.99. The molecule has 0 radical (unpaired) electrons. The summed E-state index contributed by atoms with van der Waals surface area (Å²) in [5.41, 5.74) is 1.35. The fourth-order valence-corrected chi connectivity index (χ4v) is 3.50. The van der Waals surface area contributed by atoms with E-state index in [-0.39, 0.29) is 17.6 Å². The average molecular weight is 346 g/mol. The van der Waals surface area contributed by atoms with E-state index in [9.17, 15) is 4.79 Å². The maximum Gasteiger partial charge on any atom is 0.268 e. The van der Waals surface area contributed by atoms with Gasteiger partial charge in [-0.1, -0.05) is 0 Å². The van der Waals surface area contributed by atoms with Crippen molar-refractivity contribution in [3.05, 3.63) is 23.9 Å². The van der Waals surface area contributed by atoms with Crippen LogP contribution in [0, 0.1) is 0 Å². The first-order valence-corrected chi connectivity index (χ1v) is 8.51. The first-order chi connectivity index (χ1) is 11.8. The summed E-state index contributed by atoms with van der Waals surface area (Å²) in [6.07, 6.45) is 1.64. The van der Waals surface area contributed by atoms with Crippen LogP contribution < -0.4 is 14.8 Å². The van der Waals surface area contributed by atoms with Crippen molar-refractivity contribution >= 4 is 16.8 Å². The number of rotatable bonds is 4. The van der Waals surface area contributed by atoms with Crippen molar-refractivity contribution in [3.8, 4) is 11.5 Å². The maximum absolute atomic E-state index is 12.8. The molecule has 1 amide bonds. The Morgan fingerprint density at radius 3 is 2.56 bits per heavy atom. The van der Waals surface area contributed by atoms with Crippen molar-refractivity contribution in [1.29, 1.82) is 0 Å². The van der Waals surface area contributed by atoms with E-state index in [4.69, 9.17) is 14.2 Å². The molecule has 0 bridgehead atoms. The summed E-state index contributed by atoms with van der Waals surface area (Å²) in [4.78, 5) is 12.8. The molecular formula is C19H26N2O4. The van der Waals surface area contributed by atoms with Gasteiger partial charge in [0.25, 0.3) is 5.91 Å². The molecular weight excluding hydrogens is 320 g/mol. The monoisotopic (exact) mass is 346 g/mol. The molecule has 6 nitrogen and oxygen atoms in total. The molecule has 1 aliphatic rings. The largest absolute Gasteiger partial charge is 0.493 e. The topological polar surface area (TPSA) is 61.7 Å². The second kappa shape index (κ2) is 6.59. The third-order valence-electron chi connectivity index (χ3n) is 4.81. The third kappa shape index (κ3) is 3.44. The summed E-state index contributed by atoms with van der Waals surface area (Å²) in [5, 5.41) is 4.09. The minimum Gasteiger partial charge on any atom is -0.493 e. The Kier molecular flexibility index (Phi) is 4.64. The van der Waals surface area contributed by atoms with Crippen LogP contribution in [0.4, 0.5) is 0 Å². The fraction of sp³-hybridized carbons (Fsp3) is 0.526. The number of fused-ring (bicyclic) bond motifs is 1. The fourth-order valence-electron chi connectivity index (χ4n) is 3.50. The zero-order chi connectivity index (χ0) is 18.2. The van der Waals surface area contributed by atoms with E-state index in [2.05, 4.69) is 19.2 Å². The Morgan fingerprint density at radius 2 is 1.92 bits per heavy atom. The molecule has 6 heteroatoms. The minimum absolute atomic E-state index is 0.0701. The van der Waals surface area contributed by atoms with Crippen LogP contribution in [0.5, 0.6) is 11.5 Å². The Morgan fingerprint density at radius 1 is 1.24 bits per heavy atom. The molecule has 2 heterocycles. The van der Waals surface area contributed by atoms with E-state index in [1.54, 1.807) is 14.2 Å². The number of nitrogens with one attached hydrogen (secondary N) is 1. The van der Waals surface area contributed by atoms with Crippen LogP contribution >= 0.6 is 0 Å². The van der Waals surface area contributed by atoms with Crippen molar-refractivity contribution in [2.45, 2.75) is 38.3 Å². The Hall–Kier alpha value is -2.21. The zero-order valence-corrected chi connectivity index (χ0v) is 15.5. The van der Waals surface area contributed by atoms with Crippen LogP contribution in [0.25, 0.3) is 10.9 Å². The summed E-state index contributed by atoms with van der Waals surface area (Å²) in [6.45, 7) is 4.78. The summed E-state index contributed by atoms with van der Waals surface area (Å²) >= 11 is 0. The molecule has 1 aromatic carbocycles. The number of amides is 1. The predicted molar refractivity (Wildman–Crippen MR) is 96.5 cm³/mol. The molecule has 0 aliphatic carbocycles. The van der Waals surface area contributed by atoms with Gasteiger partial charge in [-0.05, 0) is 38.8 Å². The van der Waals surface area contributed by atoms with Crippen molar-refractivity contribution in [3.63, 3.8) is 0 Å². The van der Waals surface area contributed by atoms with Crippen LogP contribution in [0.1, 0.15) is 37.2 Å². The molecule has 1 aliphatic heterocycles. The highest BCUT2D eigenvalue weighted by Crippen LogP contribution is 2.33. The summed E-state index contributed by atoms with van der Waals surface area (Å²) in [6, 6.07) is 5.79. The molecule has 0 unspecified atom stereocenters. The molecule has 1 atom stereocenters. The smallest absolute Gasteiger partial charge is 0.268 e. The summed E-state index contributed by atoms with van der Waals surface area (Å²) in [7, 11) is 5.09. The molecule has 0 saturated carbocycles. The number of hydrogen-bond acceptors (Lipinski definition) is 4. The maximum atomic E-state index is 12.8. The van der Waals surface area contributed by atoms with Gasteiger partial charge in [0.1, 0.15) is 5.69 Å². The number of carbonyl (C=O) groups excluding carboxylic acids is 1. The molecule has 1 saturated heterocycles. The summed E-state index contributed by atoms with van der Waals surface area (Å²) in [5.74, 6) is 1.23. The van der Waals surface area contributed by atoms with Crippen molar-refractivity contribution in [2.24, 2.45) is 7.05 Å². The van der Waals surface area contributed by atoms with Crippen molar-refractivity contribution in [1.82, 2.24) is 9.88 Å². The van der Waals surface area contributed by atoms with Crippen LogP contribution in [-0.2, 0) is 11.8 Å². The highest BCUT2D eigenvalue weighted by Gasteiger charge is 2.30. The number of hydrogen-bond donors (Lipinski definition) is 1. The van der Waals surface area contributed by atoms with Gasteiger partial charge in [0.05, 0.1) is 25.3 Å². The molecule has 1 fully saturated rings. The van der Waals surface area contributed by atoms with Gasteiger partial charge in [-0.15, -0.1) is 0 Å². The lowest BCUT2D eigenvalue weighted by Gasteiger charge is -2.35. The van der Waals surface area contributed by atoms with Crippen molar-refractivity contribution in [2.75, 3.05) is 20.8 Å². The minimum atomic E-state index is -0.199. The first-order valence-electron chi connectivity index (χ1n) is 8.51.